The van der Waals surface area contributed by atoms with Crippen LogP contribution in [0.1, 0.15) is 59.3 Å². The molecule has 2 rings (SSSR count). The van der Waals surface area contributed by atoms with Crippen LogP contribution in [0, 0.1) is 23.7 Å². The number of fused-ring (bicyclic) bond motifs is 1. The van der Waals surface area contributed by atoms with Crippen molar-refractivity contribution in [2.75, 3.05) is 0 Å². The molecule has 31 heavy (non-hydrogen) atoms. The number of ether oxygens (including phenoxy) is 1. The molecule has 0 aromatic heterocycles. The molecule has 8 atom stereocenters. The predicted octanol–water partition coefficient (Wildman–Crippen LogP) is 2.44. The molecular weight excluding hydrogens is 454 g/mol. The van der Waals surface area contributed by atoms with Gasteiger partial charge in [0.25, 0.3) is 0 Å². The second kappa shape index (κ2) is 12.8. The zero-order valence-corrected chi connectivity index (χ0v) is 21.8. The summed E-state index contributed by atoms with van der Waals surface area (Å²) in [6, 6.07) is 0. The van der Waals surface area contributed by atoms with Gasteiger partial charge in [0, 0.05) is 12.3 Å². The van der Waals surface area contributed by atoms with Crippen LogP contribution in [0.3, 0.4) is 0 Å². The summed E-state index contributed by atoms with van der Waals surface area (Å²) < 4.78 is 5.84. The molecule has 0 bridgehead atoms. The normalized spacial score (nSPS) is 30.3. The molecule has 2 aliphatic carbocycles. The van der Waals surface area contributed by atoms with E-state index in [2.05, 4.69) is 13.0 Å². The Balaban J connectivity index is 0.00000480. The van der Waals surface area contributed by atoms with Crippen LogP contribution in [0.15, 0.2) is 23.8 Å². The third kappa shape index (κ3) is 8.08. The van der Waals surface area contributed by atoms with Crippen LogP contribution in [0.25, 0.3) is 0 Å². The average Bonchev–Trinajstić information content (AvgIpc) is 2.65. The van der Waals surface area contributed by atoms with Crippen molar-refractivity contribution in [2.45, 2.75) is 83.7 Å². The number of carbonyl (C=O) groups is 2. The van der Waals surface area contributed by atoms with Gasteiger partial charge in [0.2, 0.25) is 0 Å². The Morgan fingerprint density at radius 2 is 1.94 bits per heavy atom. The summed E-state index contributed by atoms with van der Waals surface area (Å²) in [6.45, 7) is 5.85. The Hall–Kier alpha value is -1.08. The first-order chi connectivity index (χ1) is 14.1. The van der Waals surface area contributed by atoms with Crippen LogP contribution < -0.4 is 0 Å². The molecule has 0 saturated heterocycles. The molecule has 170 valence electrons. The van der Waals surface area contributed by atoms with Crippen molar-refractivity contribution in [2.24, 2.45) is 23.7 Å². The number of aliphatic hydroxyl groups excluding tert-OH is 3. The minimum Gasteiger partial charge on any atom is -0.481 e. The zero-order chi connectivity index (χ0) is 22.4. The summed E-state index contributed by atoms with van der Waals surface area (Å²) >= 11 is 0. The standard InChI is InChI=1S/C23H36O7.Zn/c1-4-13(2)23(29)30-20-11-17(25)9-15-6-5-14(3)19(22(15)20)8-7-16(24)10-18(26)12-21(27)28;/h5-6,9,13-14,16-20,22,24-26H,4,7-8,10-12H2,1-3H3,(H,27,28);/q;+2/t13-,14-,16+,17+,18+,19-,20-,22-;/m0./s1. The van der Waals surface area contributed by atoms with Crippen molar-refractivity contribution >= 4 is 11.9 Å². The summed E-state index contributed by atoms with van der Waals surface area (Å²) in [5, 5.41) is 39.1. The molecule has 0 unspecified atom stereocenters. The fourth-order valence-electron chi connectivity index (χ4n) is 4.52. The maximum atomic E-state index is 12.4. The zero-order valence-electron chi connectivity index (χ0n) is 18.8. The first kappa shape index (κ1) is 28.0. The Morgan fingerprint density at radius 3 is 2.55 bits per heavy atom. The van der Waals surface area contributed by atoms with Crippen molar-refractivity contribution in [1.29, 1.82) is 0 Å². The fraction of sp³-hybridized carbons (Fsp3) is 0.739. The topological polar surface area (TPSA) is 124 Å². The quantitative estimate of drug-likeness (QED) is 0.274. The number of carbonyl (C=O) groups excluding carboxylic acids is 1. The van der Waals surface area contributed by atoms with Gasteiger partial charge in [-0.1, -0.05) is 39.0 Å². The smallest absolute Gasteiger partial charge is 0.481 e. The van der Waals surface area contributed by atoms with Gasteiger partial charge in [-0.2, -0.15) is 0 Å². The Bertz CT molecular complexity index is 662. The minimum atomic E-state index is -1.10. The summed E-state index contributed by atoms with van der Waals surface area (Å²) in [7, 11) is 0. The monoisotopic (exact) mass is 488 g/mol. The van der Waals surface area contributed by atoms with Crippen LogP contribution in [0.4, 0.5) is 0 Å². The molecule has 0 fully saturated rings. The van der Waals surface area contributed by atoms with E-state index in [1.165, 1.54) is 0 Å². The van der Waals surface area contributed by atoms with Gasteiger partial charge < -0.3 is 25.2 Å². The van der Waals surface area contributed by atoms with Gasteiger partial charge in [-0.05, 0) is 43.1 Å². The number of allylic oxidation sites excluding steroid dienone is 2. The van der Waals surface area contributed by atoms with E-state index < -0.39 is 30.4 Å². The number of rotatable bonds is 10. The first-order valence-electron chi connectivity index (χ1n) is 11.0. The van der Waals surface area contributed by atoms with E-state index >= 15 is 0 Å². The number of hydrogen-bond acceptors (Lipinski definition) is 6. The molecule has 8 heteroatoms. The van der Waals surface area contributed by atoms with Gasteiger partial charge in [0.1, 0.15) is 6.10 Å². The van der Waals surface area contributed by atoms with E-state index in [-0.39, 0.29) is 62.0 Å². The van der Waals surface area contributed by atoms with E-state index in [0.29, 0.717) is 25.7 Å². The van der Waals surface area contributed by atoms with Crippen molar-refractivity contribution in [3.8, 4) is 0 Å². The molecule has 0 spiro atoms. The molecule has 0 aromatic rings. The summed E-state index contributed by atoms with van der Waals surface area (Å²) in [6.07, 6.45) is 4.64. The number of carboxylic acid groups (broad SMARTS) is 1. The molecule has 0 amide bonds. The number of esters is 1. The Kier molecular flexibility index (Phi) is 11.6. The van der Waals surface area contributed by atoms with E-state index in [9.17, 15) is 24.9 Å². The van der Waals surface area contributed by atoms with E-state index in [1.807, 2.05) is 26.0 Å². The molecule has 0 heterocycles. The van der Waals surface area contributed by atoms with E-state index in [0.717, 1.165) is 5.57 Å². The maximum Gasteiger partial charge on any atom is 2.00 e. The van der Waals surface area contributed by atoms with Crippen molar-refractivity contribution in [3.05, 3.63) is 23.8 Å². The van der Waals surface area contributed by atoms with Crippen LogP contribution >= 0.6 is 0 Å². The Morgan fingerprint density at radius 1 is 1.26 bits per heavy atom. The summed E-state index contributed by atoms with van der Waals surface area (Å²) in [4.78, 5) is 23.1. The van der Waals surface area contributed by atoms with Crippen molar-refractivity contribution in [1.82, 2.24) is 0 Å². The van der Waals surface area contributed by atoms with Gasteiger partial charge in [-0.15, -0.1) is 0 Å². The third-order valence-corrected chi connectivity index (χ3v) is 6.44. The predicted molar refractivity (Wildman–Crippen MR) is 111 cm³/mol. The second-order valence-corrected chi connectivity index (χ2v) is 8.88. The molecule has 0 aromatic carbocycles. The van der Waals surface area contributed by atoms with Crippen molar-refractivity contribution in [3.63, 3.8) is 0 Å². The Labute approximate surface area is 197 Å². The van der Waals surface area contributed by atoms with Crippen LogP contribution in [-0.4, -0.2) is 56.8 Å². The van der Waals surface area contributed by atoms with Gasteiger partial charge >= 0.3 is 31.4 Å². The van der Waals surface area contributed by atoms with Gasteiger partial charge in [0.15, 0.2) is 0 Å². The molecule has 0 radical (unpaired) electrons. The second-order valence-electron chi connectivity index (χ2n) is 8.88. The third-order valence-electron chi connectivity index (χ3n) is 6.44. The number of hydrogen-bond donors (Lipinski definition) is 4. The SMILES string of the molecule is CC[C@H](C)C(=O)O[C@H]1C[C@H](O)C=C2C=C[C@H](C)[C@H](CC[C@@H](O)C[C@@H](O)CC(=O)O)[C@H]21.[Zn+2]. The molecule has 2 aliphatic rings. The molecule has 0 saturated carbocycles. The molecular formula is C23H36O7Zn+2. The first-order valence-corrected chi connectivity index (χ1v) is 11.0. The summed E-state index contributed by atoms with van der Waals surface area (Å²) in [5.41, 5.74) is 0.958. The van der Waals surface area contributed by atoms with Crippen molar-refractivity contribution < 1.29 is 54.2 Å². The van der Waals surface area contributed by atoms with E-state index in [1.54, 1.807) is 0 Å². The van der Waals surface area contributed by atoms with Crippen LogP contribution in [0.5, 0.6) is 0 Å². The van der Waals surface area contributed by atoms with Crippen LogP contribution in [-0.2, 0) is 33.8 Å². The molecule has 0 aliphatic heterocycles. The van der Waals surface area contributed by atoms with Crippen LogP contribution in [0.2, 0.25) is 0 Å². The van der Waals surface area contributed by atoms with E-state index in [4.69, 9.17) is 9.84 Å². The van der Waals surface area contributed by atoms with Gasteiger partial charge in [-0.3, -0.25) is 9.59 Å². The fourth-order valence-corrected chi connectivity index (χ4v) is 4.52. The average molecular weight is 490 g/mol. The maximum absolute atomic E-state index is 12.4. The number of carboxylic acids is 1. The molecule has 7 nitrogen and oxygen atoms in total. The summed E-state index contributed by atoms with van der Waals surface area (Å²) in [5.74, 6) is -1.31. The molecule has 4 N–H and O–H groups in total. The largest absolute Gasteiger partial charge is 2.00 e. The number of aliphatic carboxylic acids is 1. The number of aliphatic hydroxyl groups is 3. The minimum absolute atomic E-state index is 0. The van der Waals surface area contributed by atoms with Gasteiger partial charge in [0.05, 0.1) is 30.7 Å². The van der Waals surface area contributed by atoms with Gasteiger partial charge in [-0.25, -0.2) is 0 Å².